The van der Waals surface area contributed by atoms with Gasteiger partial charge in [0.1, 0.15) is 34.1 Å². The first kappa shape index (κ1) is 72.4. The molecule has 518 valence electrons. The summed E-state index contributed by atoms with van der Waals surface area (Å²) in [5.74, 6) is -2.02. The number of halogens is 6. The number of nitrogens with zero attached hydrogens (tertiary/aromatic N) is 11. The lowest BCUT2D eigenvalue weighted by Gasteiger charge is -2.14. The Morgan fingerprint density at radius 3 is 1.19 bits per heavy atom. The van der Waals surface area contributed by atoms with E-state index in [-0.39, 0.29) is 68.4 Å². The van der Waals surface area contributed by atoms with E-state index in [1.165, 1.54) is 71.8 Å². The van der Waals surface area contributed by atoms with Gasteiger partial charge in [0.05, 0.1) is 116 Å². The lowest BCUT2D eigenvalue weighted by molar-refractivity contribution is -0.116. The van der Waals surface area contributed by atoms with Crippen molar-refractivity contribution in [3.8, 4) is 68.7 Å². The van der Waals surface area contributed by atoms with Crippen molar-refractivity contribution >= 4 is 126 Å². The van der Waals surface area contributed by atoms with Crippen molar-refractivity contribution in [2.45, 2.75) is 46.6 Å². The molecule has 3 amide bonds. The fourth-order valence-electron chi connectivity index (χ4n) is 10.1. The van der Waals surface area contributed by atoms with Gasteiger partial charge in [-0.15, -0.1) is 5.10 Å². The van der Waals surface area contributed by atoms with Crippen LogP contribution in [-0.4, -0.2) is 126 Å². The Balaban J connectivity index is 0.000000163. The Kier molecular flexibility index (Phi) is 23.0. The summed E-state index contributed by atoms with van der Waals surface area (Å²) >= 11 is 25.8. The van der Waals surface area contributed by atoms with Crippen LogP contribution in [0.2, 0.25) is 20.1 Å². The van der Waals surface area contributed by atoms with E-state index in [4.69, 9.17) is 74.8 Å². The number of rotatable bonds is 19. The molecule has 0 radical (unpaired) electrons. The van der Waals surface area contributed by atoms with Crippen LogP contribution in [0.5, 0.6) is 34.5 Å². The first-order valence-electron chi connectivity index (χ1n) is 30.5. The van der Waals surface area contributed by atoms with Gasteiger partial charge in [-0.3, -0.25) is 33.1 Å². The van der Waals surface area contributed by atoms with Crippen molar-refractivity contribution in [2.24, 2.45) is 0 Å². The molecule has 31 heteroatoms. The number of carbonyl (C=O) groups is 5. The number of benzene rings is 6. The summed E-state index contributed by atoms with van der Waals surface area (Å²) in [4.78, 5) is 88.4. The summed E-state index contributed by atoms with van der Waals surface area (Å²) in [6, 6.07) is 28.9. The Morgan fingerprint density at radius 2 is 0.802 bits per heavy atom. The molecule has 0 bridgehead atoms. The smallest absolute Gasteiger partial charge is 0.268 e. The maximum atomic E-state index is 14.8. The normalized spacial score (nSPS) is 10.9. The summed E-state index contributed by atoms with van der Waals surface area (Å²) in [5.41, 5.74) is 6.48. The largest absolute Gasteiger partial charge is 0.495 e. The molecule has 0 saturated carbocycles. The standard InChI is InChI=1S/C24H20Cl2N4O4.C24H20F2N4O4.C22H20Cl2N6O3/c2*1-4-19(31)28-14-7-5-6-13(10-14)23-27-12-16-15(29-23)8-9-30(16)24(32)20-21(25)17(33-2)11-18(34-3)22(20)26;1-4-18(31)26-13-7-5-6-12(8-13)21-25-10-15-22(27-21)28-29-30(15)11-14-19(23)16(32-2)9-17(33-3)20(14)24/h2*5-12H,4H2,1-3H3,(H,28,31);5-10H,4,11H2,1-3H3,(H,26,31). The van der Waals surface area contributed by atoms with Gasteiger partial charge in [0.15, 0.2) is 40.6 Å². The molecule has 0 aliphatic rings. The highest BCUT2D eigenvalue weighted by Gasteiger charge is 2.29. The van der Waals surface area contributed by atoms with Crippen molar-refractivity contribution in [1.29, 1.82) is 0 Å². The number of fused-ring (bicyclic) bond motifs is 3. The number of aromatic nitrogens is 11. The third-order valence-electron chi connectivity index (χ3n) is 15.3. The topological polar surface area (TPSA) is 295 Å². The van der Waals surface area contributed by atoms with Crippen molar-refractivity contribution in [2.75, 3.05) is 58.6 Å². The number of methoxy groups -OCH3 is 6. The van der Waals surface area contributed by atoms with Crippen LogP contribution >= 0.6 is 46.4 Å². The fourth-order valence-corrected chi connectivity index (χ4v) is 11.4. The summed E-state index contributed by atoms with van der Waals surface area (Å²) in [5, 5.41) is 17.6. The van der Waals surface area contributed by atoms with Crippen LogP contribution in [0.4, 0.5) is 25.8 Å². The molecule has 12 aromatic rings. The van der Waals surface area contributed by atoms with E-state index >= 15 is 0 Å². The van der Waals surface area contributed by atoms with E-state index in [1.807, 2.05) is 30.3 Å². The third-order valence-corrected chi connectivity index (χ3v) is 16.9. The van der Waals surface area contributed by atoms with Gasteiger partial charge in [-0.05, 0) is 48.5 Å². The third kappa shape index (κ3) is 15.6. The molecular weight excluding hydrogens is 1390 g/mol. The Bertz CT molecular complexity index is 4890. The fraction of sp³-hybridized carbons (Fsp3) is 0.186. The van der Waals surface area contributed by atoms with Crippen LogP contribution < -0.4 is 44.4 Å². The van der Waals surface area contributed by atoms with Crippen molar-refractivity contribution in [3.05, 3.63) is 183 Å². The average Bonchev–Trinajstić information content (AvgIpc) is 1.68. The molecule has 0 aliphatic carbocycles. The van der Waals surface area contributed by atoms with E-state index in [0.29, 0.717) is 114 Å². The maximum absolute atomic E-state index is 14.8. The molecule has 12 rings (SSSR count). The Labute approximate surface area is 594 Å². The zero-order chi connectivity index (χ0) is 72.3. The van der Waals surface area contributed by atoms with Crippen LogP contribution in [0, 0.1) is 11.6 Å². The summed E-state index contributed by atoms with van der Waals surface area (Å²) in [7, 11) is 8.31. The van der Waals surface area contributed by atoms with Gasteiger partial charge in [-0.25, -0.2) is 43.4 Å². The zero-order valence-corrected chi connectivity index (χ0v) is 58.2. The van der Waals surface area contributed by atoms with Gasteiger partial charge < -0.3 is 44.4 Å². The van der Waals surface area contributed by atoms with Gasteiger partial charge in [0, 0.05) is 89.2 Å². The highest BCUT2D eigenvalue weighted by atomic mass is 35.5. The van der Waals surface area contributed by atoms with Crippen LogP contribution in [-0.2, 0) is 20.9 Å². The monoisotopic (exact) mass is 1450 g/mol. The van der Waals surface area contributed by atoms with Gasteiger partial charge in [0.25, 0.3) is 11.8 Å². The van der Waals surface area contributed by atoms with Crippen LogP contribution in [0.15, 0.2) is 134 Å². The summed E-state index contributed by atoms with van der Waals surface area (Å²) in [6.45, 7) is 5.54. The maximum Gasteiger partial charge on any atom is 0.268 e. The first-order valence-corrected chi connectivity index (χ1v) is 32.0. The van der Waals surface area contributed by atoms with Crippen molar-refractivity contribution in [3.63, 3.8) is 0 Å². The minimum absolute atomic E-state index is 0.0421. The van der Waals surface area contributed by atoms with Crippen molar-refractivity contribution < 1.29 is 61.2 Å². The molecule has 0 fully saturated rings. The Hall–Kier alpha value is -11.4. The molecule has 6 aromatic heterocycles. The lowest BCUT2D eigenvalue weighted by Crippen LogP contribution is -2.16. The lowest BCUT2D eigenvalue weighted by atomic mass is 10.1. The molecule has 6 heterocycles. The second-order valence-electron chi connectivity index (χ2n) is 21.5. The molecular formula is C70H60Cl4F2N14O11. The number of anilines is 3. The highest BCUT2D eigenvalue weighted by molar-refractivity contribution is 6.42. The number of hydrogen-bond donors (Lipinski definition) is 3. The van der Waals surface area contributed by atoms with E-state index < -0.39 is 29.0 Å². The molecule has 0 unspecified atom stereocenters. The molecule has 25 nitrogen and oxygen atoms in total. The minimum Gasteiger partial charge on any atom is -0.495 e. The molecule has 6 aromatic carbocycles. The second kappa shape index (κ2) is 32.1. The number of hydrogen-bond acceptors (Lipinski definition) is 19. The molecule has 101 heavy (non-hydrogen) atoms. The van der Waals surface area contributed by atoms with Crippen LogP contribution in [0.25, 0.3) is 67.4 Å². The van der Waals surface area contributed by atoms with E-state index in [2.05, 4.69) is 56.2 Å². The predicted molar refractivity (Wildman–Crippen MR) is 378 cm³/mol. The predicted octanol–water partition coefficient (Wildman–Crippen LogP) is 14.5. The first-order chi connectivity index (χ1) is 48.7. The highest BCUT2D eigenvalue weighted by Crippen LogP contribution is 2.43. The molecule has 0 atom stereocenters. The van der Waals surface area contributed by atoms with Gasteiger partial charge in [-0.1, -0.05) is 109 Å². The number of carbonyl (C=O) groups excluding carboxylic acids is 5. The molecule has 3 N–H and O–H groups in total. The molecule has 0 spiro atoms. The van der Waals surface area contributed by atoms with Crippen LogP contribution in [0.1, 0.15) is 66.3 Å². The van der Waals surface area contributed by atoms with E-state index in [1.54, 1.807) is 98.6 Å². The molecule has 0 aliphatic heterocycles. The van der Waals surface area contributed by atoms with E-state index in [9.17, 15) is 32.8 Å². The number of nitrogens with one attached hydrogen (secondary N) is 3. The van der Waals surface area contributed by atoms with Gasteiger partial charge in [-0.2, -0.15) is 0 Å². The number of ether oxygens (including phenoxy) is 6. The average molecular weight is 1450 g/mol. The second-order valence-corrected chi connectivity index (χ2v) is 23.0. The molecule has 0 saturated heterocycles. The van der Waals surface area contributed by atoms with Gasteiger partial charge >= 0.3 is 0 Å². The summed E-state index contributed by atoms with van der Waals surface area (Å²) < 4.78 is 64.6. The van der Waals surface area contributed by atoms with E-state index in [0.717, 1.165) is 21.8 Å². The summed E-state index contributed by atoms with van der Waals surface area (Å²) in [6.07, 6.45) is 8.61. The minimum atomic E-state index is -1.14. The SMILES string of the molecule is CCC(=O)Nc1cccc(-c2ncc3c(ccn3C(=O)c3c(Cl)c(OC)cc(OC)c3Cl)n2)c1.CCC(=O)Nc1cccc(-c2ncc3c(ccn3C(=O)c3c(F)c(OC)cc(OC)c3F)n2)c1.CCC(=O)Nc1cccc(-c2ncc3c(nnn3Cc3c(Cl)c(OC)cc(OC)c3Cl)n2)c1. The van der Waals surface area contributed by atoms with Crippen molar-refractivity contribution in [1.82, 2.24) is 54.0 Å². The van der Waals surface area contributed by atoms with Crippen LogP contribution in [0.3, 0.4) is 0 Å². The number of amides is 3. The van der Waals surface area contributed by atoms with Gasteiger partial charge in [0.2, 0.25) is 23.4 Å². The Morgan fingerprint density at radius 1 is 0.446 bits per heavy atom. The zero-order valence-electron chi connectivity index (χ0n) is 55.2. The quantitative estimate of drug-likeness (QED) is 0.0677.